The SMILES string of the molecule is COc1c(Br)cc(Br)cc1CNC1CCC(C(N)=O)CC1. The fourth-order valence-electron chi connectivity index (χ4n) is 2.81. The molecule has 0 bridgehead atoms. The summed E-state index contributed by atoms with van der Waals surface area (Å²) in [7, 11) is 1.68. The van der Waals surface area contributed by atoms with E-state index < -0.39 is 0 Å². The van der Waals surface area contributed by atoms with E-state index in [4.69, 9.17) is 10.5 Å². The second-order valence-electron chi connectivity index (χ2n) is 5.41. The molecule has 1 fully saturated rings. The van der Waals surface area contributed by atoms with Crippen molar-refractivity contribution in [1.82, 2.24) is 5.32 Å². The van der Waals surface area contributed by atoms with E-state index in [2.05, 4.69) is 43.2 Å². The van der Waals surface area contributed by atoms with Crippen LogP contribution >= 0.6 is 31.9 Å². The third-order valence-corrected chi connectivity index (χ3v) is 5.05. The lowest BCUT2D eigenvalue weighted by atomic mass is 9.85. The second-order valence-corrected chi connectivity index (χ2v) is 7.18. The molecule has 0 atom stereocenters. The third kappa shape index (κ3) is 4.44. The summed E-state index contributed by atoms with van der Waals surface area (Å²) < 4.78 is 7.41. The van der Waals surface area contributed by atoms with Crippen molar-refractivity contribution in [1.29, 1.82) is 0 Å². The Kier molecular flexibility index (Phi) is 6.08. The van der Waals surface area contributed by atoms with Gasteiger partial charge in [0.25, 0.3) is 0 Å². The number of amides is 1. The molecule has 0 unspecified atom stereocenters. The normalized spacial score (nSPS) is 22.0. The number of hydrogen-bond acceptors (Lipinski definition) is 3. The Morgan fingerprint density at radius 2 is 2.00 bits per heavy atom. The summed E-state index contributed by atoms with van der Waals surface area (Å²) in [5.74, 6) is 0.750. The predicted octanol–water partition coefficient (Wildman–Crippen LogP) is 3.35. The Labute approximate surface area is 142 Å². The molecule has 1 saturated carbocycles. The van der Waals surface area contributed by atoms with E-state index in [1.54, 1.807) is 7.11 Å². The van der Waals surface area contributed by atoms with E-state index in [1.165, 1.54) is 0 Å². The van der Waals surface area contributed by atoms with Crippen LogP contribution in [0.1, 0.15) is 31.2 Å². The van der Waals surface area contributed by atoms with Crippen LogP contribution in [0, 0.1) is 5.92 Å². The van der Waals surface area contributed by atoms with Crippen LogP contribution in [-0.2, 0) is 11.3 Å². The van der Waals surface area contributed by atoms with Gasteiger partial charge < -0.3 is 15.8 Å². The van der Waals surface area contributed by atoms with Gasteiger partial charge in [-0.1, -0.05) is 15.9 Å². The van der Waals surface area contributed by atoms with Crippen molar-refractivity contribution in [2.45, 2.75) is 38.3 Å². The van der Waals surface area contributed by atoms with E-state index in [0.29, 0.717) is 6.04 Å². The zero-order chi connectivity index (χ0) is 15.4. The van der Waals surface area contributed by atoms with Gasteiger partial charge in [-0.2, -0.15) is 0 Å². The van der Waals surface area contributed by atoms with Crippen LogP contribution in [0.2, 0.25) is 0 Å². The van der Waals surface area contributed by atoms with Crippen molar-refractivity contribution in [2.75, 3.05) is 7.11 Å². The third-order valence-electron chi connectivity index (χ3n) is 4.00. The number of carbonyl (C=O) groups excluding carboxylic acids is 1. The second kappa shape index (κ2) is 7.61. The van der Waals surface area contributed by atoms with Crippen molar-refractivity contribution in [3.05, 3.63) is 26.6 Å². The Balaban J connectivity index is 1.94. The van der Waals surface area contributed by atoms with Gasteiger partial charge in [0.2, 0.25) is 5.91 Å². The van der Waals surface area contributed by atoms with Crippen molar-refractivity contribution in [2.24, 2.45) is 11.7 Å². The average molecular weight is 420 g/mol. The molecule has 21 heavy (non-hydrogen) atoms. The number of nitrogens with two attached hydrogens (primary N) is 1. The van der Waals surface area contributed by atoms with Crippen molar-refractivity contribution < 1.29 is 9.53 Å². The quantitative estimate of drug-likeness (QED) is 0.768. The number of rotatable bonds is 5. The Morgan fingerprint density at radius 3 is 2.57 bits per heavy atom. The fourth-order valence-corrected chi connectivity index (χ4v) is 4.29. The summed E-state index contributed by atoms with van der Waals surface area (Å²) in [5.41, 5.74) is 6.47. The largest absolute Gasteiger partial charge is 0.495 e. The molecule has 1 aromatic rings. The summed E-state index contributed by atoms with van der Waals surface area (Å²) >= 11 is 7.02. The van der Waals surface area contributed by atoms with Crippen LogP contribution in [0.25, 0.3) is 0 Å². The maximum absolute atomic E-state index is 11.2. The molecule has 116 valence electrons. The number of methoxy groups -OCH3 is 1. The number of nitrogens with one attached hydrogen (secondary N) is 1. The van der Waals surface area contributed by atoms with Crippen molar-refractivity contribution in [3.63, 3.8) is 0 Å². The molecule has 1 amide bonds. The molecule has 0 saturated heterocycles. The Bertz CT molecular complexity index is 515. The Morgan fingerprint density at radius 1 is 1.33 bits per heavy atom. The molecular formula is C15H20Br2N2O2. The van der Waals surface area contributed by atoms with Gasteiger partial charge >= 0.3 is 0 Å². The first-order chi connectivity index (χ1) is 10.0. The highest BCUT2D eigenvalue weighted by molar-refractivity contribution is 9.11. The predicted molar refractivity (Wildman–Crippen MR) is 90.2 cm³/mol. The molecule has 1 aliphatic rings. The minimum absolute atomic E-state index is 0.0533. The van der Waals surface area contributed by atoms with E-state index in [1.807, 2.05) is 6.07 Å². The first-order valence-corrected chi connectivity index (χ1v) is 8.64. The van der Waals surface area contributed by atoms with Crippen molar-refractivity contribution >= 4 is 37.8 Å². The topological polar surface area (TPSA) is 64.3 Å². The van der Waals surface area contributed by atoms with Gasteiger partial charge in [-0.3, -0.25) is 4.79 Å². The highest BCUT2D eigenvalue weighted by Gasteiger charge is 2.24. The fraction of sp³-hybridized carbons (Fsp3) is 0.533. The van der Waals surface area contributed by atoms with E-state index >= 15 is 0 Å². The number of benzene rings is 1. The molecule has 0 aliphatic heterocycles. The maximum atomic E-state index is 11.2. The summed E-state index contributed by atoms with van der Waals surface area (Å²) in [6, 6.07) is 4.47. The number of hydrogen-bond donors (Lipinski definition) is 2. The van der Waals surface area contributed by atoms with Gasteiger partial charge in [0.05, 0.1) is 11.6 Å². The number of primary amides is 1. The highest BCUT2D eigenvalue weighted by Crippen LogP contribution is 2.33. The number of carbonyl (C=O) groups is 1. The van der Waals surface area contributed by atoms with Crippen LogP contribution in [0.15, 0.2) is 21.1 Å². The van der Waals surface area contributed by atoms with Gasteiger partial charge in [0, 0.05) is 28.5 Å². The van der Waals surface area contributed by atoms with Gasteiger partial charge in [-0.05, 0) is 53.7 Å². The lowest BCUT2D eigenvalue weighted by Gasteiger charge is -2.27. The summed E-state index contributed by atoms with van der Waals surface area (Å²) in [6.45, 7) is 0.743. The highest BCUT2D eigenvalue weighted by atomic mass is 79.9. The zero-order valence-electron chi connectivity index (χ0n) is 12.0. The zero-order valence-corrected chi connectivity index (χ0v) is 15.2. The van der Waals surface area contributed by atoms with E-state index in [9.17, 15) is 4.79 Å². The first-order valence-electron chi connectivity index (χ1n) is 7.06. The molecule has 0 spiro atoms. The van der Waals surface area contributed by atoms with Crippen LogP contribution in [-0.4, -0.2) is 19.1 Å². The van der Waals surface area contributed by atoms with Crippen LogP contribution in [0.4, 0.5) is 0 Å². The first kappa shape index (κ1) is 16.8. The molecular weight excluding hydrogens is 400 g/mol. The van der Waals surface area contributed by atoms with Gasteiger partial charge in [0.15, 0.2) is 0 Å². The summed E-state index contributed by atoms with van der Waals surface area (Å²) in [5, 5.41) is 3.55. The minimum atomic E-state index is -0.161. The smallest absolute Gasteiger partial charge is 0.220 e. The lowest BCUT2D eigenvalue weighted by Crippen LogP contribution is -2.36. The minimum Gasteiger partial charge on any atom is -0.495 e. The molecule has 0 heterocycles. The summed E-state index contributed by atoms with van der Waals surface area (Å²) in [6.07, 6.45) is 3.74. The Hall–Kier alpha value is -0.590. The van der Waals surface area contributed by atoms with Gasteiger partial charge in [-0.15, -0.1) is 0 Å². The maximum Gasteiger partial charge on any atom is 0.220 e. The molecule has 1 aromatic carbocycles. The molecule has 3 N–H and O–H groups in total. The molecule has 2 rings (SSSR count). The van der Waals surface area contributed by atoms with Crippen LogP contribution in [0.3, 0.4) is 0 Å². The van der Waals surface area contributed by atoms with Crippen LogP contribution in [0.5, 0.6) is 5.75 Å². The number of ether oxygens (including phenoxy) is 1. The molecule has 1 aliphatic carbocycles. The molecule has 0 aromatic heterocycles. The van der Waals surface area contributed by atoms with E-state index in [0.717, 1.165) is 52.5 Å². The van der Waals surface area contributed by atoms with Gasteiger partial charge in [-0.25, -0.2) is 0 Å². The van der Waals surface area contributed by atoms with Gasteiger partial charge in [0.1, 0.15) is 5.75 Å². The van der Waals surface area contributed by atoms with Crippen molar-refractivity contribution in [3.8, 4) is 5.75 Å². The number of halogens is 2. The average Bonchev–Trinajstić information content (AvgIpc) is 2.45. The molecule has 6 heteroatoms. The van der Waals surface area contributed by atoms with E-state index in [-0.39, 0.29) is 11.8 Å². The lowest BCUT2D eigenvalue weighted by molar-refractivity contribution is -0.122. The monoisotopic (exact) mass is 418 g/mol. The van der Waals surface area contributed by atoms with Crippen LogP contribution < -0.4 is 15.8 Å². The molecule has 0 radical (unpaired) electrons. The molecule has 4 nitrogen and oxygen atoms in total. The summed E-state index contributed by atoms with van der Waals surface area (Å²) in [4.78, 5) is 11.2. The standard InChI is InChI=1S/C15H20Br2N2O2/c1-21-14-10(6-11(16)7-13(14)17)8-19-12-4-2-9(3-5-12)15(18)20/h6-7,9,12,19H,2-5,8H2,1H3,(H2,18,20).